The minimum absolute atomic E-state index is 0.0456. The van der Waals surface area contributed by atoms with Gasteiger partial charge in [0.2, 0.25) is 0 Å². The summed E-state index contributed by atoms with van der Waals surface area (Å²) in [7, 11) is 0. The fraction of sp³-hybridized carbons (Fsp3) is 1.00. The molecule has 8 heavy (non-hydrogen) atoms. The summed E-state index contributed by atoms with van der Waals surface area (Å²) in [5, 5.41) is 0. The summed E-state index contributed by atoms with van der Waals surface area (Å²) >= 11 is 0. The zero-order valence-corrected chi connectivity index (χ0v) is 6.06. The van der Waals surface area contributed by atoms with Crippen molar-refractivity contribution in [3.05, 3.63) is 0 Å². The second kappa shape index (κ2) is 3.05. The Kier molecular flexibility index (Phi) is 3.02. The fourth-order valence-electron chi connectivity index (χ4n) is 0.258. The van der Waals surface area contributed by atoms with Crippen LogP contribution in [0.3, 0.4) is 0 Å². The van der Waals surface area contributed by atoms with Crippen LogP contribution in [0, 0.1) is 0 Å². The minimum Gasteiger partial charge on any atom is -0.282 e. The van der Waals surface area contributed by atoms with Crippen molar-refractivity contribution in [2.75, 3.05) is 6.61 Å². The smallest absolute Gasteiger partial charge is 0.0674 e. The molecule has 0 aromatic rings. The summed E-state index contributed by atoms with van der Waals surface area (Å²) in [6, 6.07) is 0. The second-order valence-electron chi connectivity index (χ2n) is 2.68. The number of hydrogen-bond acceptors (Lipinski definition) is 1. The minimum atomic E-state index is -0.0456. The van der Waals surface area contributed by atoms with Crippen molar-refractivity contribution in [2.45, 2.75) is 33.2 Å². The van der Waals surface area contributed by atoms with E-state index in [-0.39, 0.29) is 5.54 Å². The molecule has 0 aromatic heterocycles. The van der Waals surface area contributed by atoms with Crippen LogP contribution in [-0.2, 0) is 4.84 Å². The third kappa shape index (κ3) is 5.92. The van der Waals surface area contributed by atoms with E-state index in [9.17, 15) is 0 Å². The third-order valence-electron chi connectivity index (χ3n) is 0.468. The molecule has 0 unspecified atom stereocenters. The number of nitrogens with zero attached hydrogens (tertiary/aromatic N) is 1. The van der Waals surface area contributed by atoms with Gasteiger partial charge in [0.05, 0.1) is 12.1 Å². The molecule has 0 rings (SSSR count). The van der Waals surface area contributed by atoms with Gasteiger partial charge in [-0.1, -0.05) is 5.48 Å². The molecule has 2 heteroatoms. The van der Waals surface area contributed by atoms with E-state index < -0.39 is 0 Å². The van der Waals surface area contributed by atoms with Gasteiger partial charge in [-0.25, -0.2) is 0 Å². The molecule has 0 heterocycles. The molecule has 0 bridgehead atoms. The standard InChI is InChI=1S/C6H14NO/c1-5-8-7-6(2,3)4/h5H2,1-4H3. The summed E-state index contributed by atoms with van der Waals surface area (Å²) in [5.41, 5.74) is 3.83. The van der Waals surface area contributed by atoms with Crippen molar-refractivity contribution in [2.24, 2.45) is 0 Å². The maximum absolute atomic E-state index is 4.82. The van der Waals surface area contributed by atoms with Crippen molar-refractivity contribution in [1.29, 1.82) is 0 Å². The van der Waals surface area contributed by atoms with Crippen LogP contribution < -0.4 is 5.48 Å². The van der Waals surface area contributed by atoms with E-state index in [1.165, 1.54) is 0 Å². The average molecular weight is 116 g/mol. The SMILES string of the molecule is CCO[N]C(C)(C)C. The Balaban J connectivity index is 3.11. The predicted molar refractivity (Wildman–Crippen MR) is 33.5 cm³/mol. The highest BCUT2D eigenvalue weighted by molar-refractivity contribution is 4.62. The maximum Gasteiger partial charge on any atom is 0.0674 e. The summed E-state index contributed by atoms with van der Waals surface area (Å²) in [5.74, 6) is 0. The molecular weight excluding hydrogens is 102 g/mol. The fourth-order valence-corrected chi connectivity index (χ4v) is 0.258. The summed E-state index contributed by atoms with van der Waals surface area (Å²) in [6.45, 7) is 8.60. The van der Waals surface area contributed by atoms with Crippen molar-refractivity contribution in [1.82, 2.24) is 5.48 Å². The van der Waals surface area contributed by atoms with Crippen LogP contribution in [0.5, 0.6) is 0 Å². The molecule has 0 aliphatic carbocycles. The van der Waals surface area contributed by atoms with Gasteiger partial charge in [-0.15, -0.1) is 0 Å². The van der Waals surface area contributed by atoms with Gasteiger partial charge in [0.25, 0.3) is 0 Å². The van der Waals surface area contributed by atoms with E-state index >= 15 is 0 Å². The molecule has 0 amide bonds. The molecule has 0 N–H and O–H groups in total. The van der Waals surface area contributed by atoms with E-state index in [2.05, 4.69) is 5.48 Å². The van der Waals surface area contributed by atoms with Crippen LogP contribution in [-0.4, -0.2) is 12.1 Å². The van der Waals surface area contributed by atoms with Gasteiger partial charge in [0.15, 0.2) is 0 Å². The van der Waals surface area contributed by atoms with Gasteiger partial charge in [-0.2, -0.15) is 0 Å². The lowest BCUT2D eigenvalue weighted by Gasteiger charge is -2.15. The highest BCUT2D eigenvalue weighted by Crippen LogP contribution is 1.99. The molecule has 2 nitrogen and oxygen atoms in total. The van der Waals surface area contributed by atoms with Crippen LogP contribution in [0.25, 0.3) is 0 Å². The Bertz CT molecular complexity index is 56.0. The van der Waals surface area contributed by atoms with Gasteiger partial charge in [-0.3, -0.25) is 4.84 Å². The highest BCUT2D eigenvalue weighted by atomic mass is 16.6. The predicted octanol–water partition coefficient (Wildman–Crippen LogP) is 1.34. The number of rotatable bonds is 2. The largest absolute Gasteiger partial charge is 0.282 e. The van der Waals surface area contributed by atoms with Crippen LogP contribution in [0.4, 0.5) is 0 Å². The normalized spacial score (nSPS) is 12.0. The molecule has 1 radical (unpaired) electrons. The van der Waals surface area contributed by atoms with Gasteiger partial charge in [0, 0.05) is 0 Å². The van der Waals surface area contributed by atoms with Crippen molar-refractivity contribution in [3.63, 3.8) is 0 Å². The van der Waals surface area contributed by atoms with Crippen molar-refractivity contribution in [3.8, 4) is 0 Å². The topological polar surface area (TPSA) is 23.3 Å². The zero-order chi connectivity index (χ0) is 6.62. The molecular formula is C6H14NO. The number of hydrogen-bond donors (Lipinski definition) is 0. The maximum atomic E-state index is 4.82. The molecule has 0 fully saturated rings. The van der Waals surface area contributed by atoms with Crippen LogP contribution in [0.15, 0.2) is 0 Å². The first kappa shape index (κ1) is 7.92. The molecule has 0 aliphatic heterocycles. The van der Waals surface area contributed by atoms with E-state index in [1.807, 2.05) is 27.7 Å². The Morgan fingerprint density at radius 1 is 1.38 bits per heavy atom. The number of hydroxylamine groups is 1. The average Bonchev–Trinajstić information content (AvgIpc) is 1.59. The first-order valence-corrected chi connectivity index (χ1v) is 2.90. The molecule has 0 saturated carbocycles. The lowest BCUT2D eigenvalue weighted by molar-refractivity contribution is -0.00694. The van der Waals surface area contributed by atoms with E-state index in [1.54, 1.807) is 0 Å². The molecule has 0 spiro atoms. The third-order valence-corrected chi connectivity index (χ3v) is 0.468. The first-order valence-electron chi connectivity index (χ1n) is 2.90. The highest BCUT2D eigenvalue weighted by Gasteiger charge is 2.09. The van der Waals surface area contributed by atoms with E-state index in [0.29, 0.717) is 6.61 Å². The van der Waals surface area contributed by atoms with Gasteiger partial charge < -0.3 is 0 Å². The van der Waals surface area contributed by atoms with Crippen LogP contribution >= 0.6 is 0 Å². The van der Waals surface area contributed by atoms with Crippen molar-refractivity contribution >= 4 is 0 Å². The van der Waals surface area contributed by atoms with Gasteiger partial charge in [-0.05, 0) is 27.7 Å². The lowest BCUT2D eigenvalue weighted by atomic mass is 10.1. The van der Waals surface area contributed by atoms with Crippen LogP contribution in [0.2, 0.25) is 0 Å². The van der Waals surface area contributed by atoms with E-state index in [4.69, 9.17) is 4.84 Å². The summed E-state index contributed by atoms with van der Waals surface area (Å²) < 4.78 is 0. The molecule has 49 valence electrons. The van der Waals surface area contributed by atoms with Gasteiger partial charge >= 0.3 is 0 Å². The lowest BCUT2D eigenvalue weighted by Crippen LogP contribution is -2.28. The first-order chi connectivity index (χ1) is 3.56. The Morgan fingerprint density at radius 3 is 2.00 bits per heavy atom. The quantitative estimate of drug-likeness (QED) is 0.499. The van der Waals surface area contributed by atoms with Crippen LogP contribution in [0.1, 0.15) is 27.7 Å². The van der Waals surface area contributed by atoms with Crippen molar-refractivity contribution < 1.29 is 4.84 Å². The van der Waals surface area contributed by atoms with Gasteiger partial charge in [0.1, 0.15) is 0 Å². The molecule has 0 atom stereocenters. The second-order valence-corrected chi connectivity index (χ2v) is 2.68. The Labute approximate surface area is 51.2 Å². The summed E-state index contributed by atoms with van der Waals surface area (Å²) in [4.78, 5) is 4.82. The Hall–Kier alpha value is -0.0800. The molecule has 0 saturated heterocycles. The monoisotopic (exact) mass is 116 g/mol. The van der Waals surface area contributed by atoms with E-state index in [0.717, 1.165) is 0 Å². The summed E-state index contributed by atoms with van der Waals surface area (Å²) in [6.07, 6.45) is 0. The Morgan fingerprint density at radius 2 is 1.88 bits per heavy atom. The zero-order valence-electron chi connectivity index (χ0n) is 6.06. The molecule has 0 aliphatic rings. The molecule has 0 aromatic carbocycles.